The summed E-state index contributed by atoms with van der Waals surface area (Å²) >= 11 is 0. The van der Waals surface area contributed by atoms with Gasteiger partial charge in [-0.15, -0.1) is 0 Å². The Hall–Kier alpha value is -1.94. The third-order valence-electron chi connectivity index (χ3n) is 19.4. The molecule has 594 valence electrons. The van der Waals surface area contributed by atoms with Crippen LogP contribution in [0.3, 0.4) is 0 Å². The van der Waals surface area contributed by atoms with E-state index >= 15 is 0 Å². The van der Waals surface area contributed by atoms with Gasteiger partial charge in [-0.3, -0.25) is 37.3 Å². The normalized spacial score (nSPS) is 14.1. The molecule has 3 N–H and O–H groups in total. The molecule has 0 aromatic carbocycles. The van der Waals surface area contributed by atoms with E-state index in [4.69, 9.17) is 37.0 Å². The van der Waals surface area contributed by atoms with Crippen molar-refractivity contribution in [2.75, 3.05) is 39.6 Å². The Morgan fingerprint density at radius 3 is 0.710 bits per heavy atom. The maximum absolute atomic E-state index is 13.1. The summed E-state index contributed by atoms with van der Waals surface area (Å²) in [5.41, 5.74) is 0. The lowest BCUT2D eigenvalue weighted by atomic mass is 9.99. The molecule has 0 aliphatic heterocycles. The molecule has 100 heavy (non-hydrogen) atoms. The fourth-order valence-electron chi connectivity index (χ4n) is 12.6. The highest BCUT2D eigenvalue weighted by Crippen LogP contribution is 2.45. The van der Waals surface area contributed by atoms with E-state index < -0.39 is 97.5 Å². The summed E-state index contributed by atoms with van der Waals surface area (Å²) in [5.74, 6) is -1.26. The molecule has 0 aromatic rings. The number of unbranched alkanes of at least 4 members (excludes halogenated alkanes) is 52. The van der Waals surface area contributed by atoms with E-state index in [0.717, 1.165) is 95.8 Å². The van der Waals surface area contributed by atoms with Crippen molar-refractivity contribution in [1.29, 1.82) is 0 Å². The van der Waals surface area contributed by atoms with Crippen LogP contribution in [0, 0.1) is 5.92 Å². The number of rotatable bonds is 81. The summed E-state index contributed by atoms with van der Waals surface area (Å²) < 4.78 is 68.7. The minimum atomic E-state index is -4.96. The van der Waals surface area contributed by atoms with Gasteiger partial charge in [0, 0.05) is 25.7 Å². The first kappa shape index (κ1) is 98.1. The third kappa shape index (κ3) is 73.0. The van der Waals surface area contributed by atoms with E-state index in [1.165, 1.54) is 257 Å². The van der Waals surface area contributed by atoms with Gasteiger partial charge in [0.1, 0.15) is 19.3 Å². The number of hydrogen-bond donors (Lipinski definition) is 3. The van der Waals surface area contributed by atoms with E-state index in [0.29, 0.717) is 25.7 Å². The highest BCUT2D eigenvalue weighted by atomic mass is 31.2. The maximum atomic E-state index is 13.1. The highest BCUT2D eigenvalue weighted by molar-refractivity contribution is 7.47. The van der Waals surface area contributed by atoms with Crippen LogP contribution in [0.25, 0.3) is 0 Å². The van der Waals surface area contributed by atoms with E-state index in [2.05, 4.69) is 34.6 Å². The second kappa shape index (κ2) is 73.9. The smallest absolute Gasteiger partial charge is 0.462 e. The minimum absolute atomic E-state index is 0.108. The van der Waals surface area contributed by atoms with E-state index in [1.807, 2.05) is 0 Å². The first-order valence-corrected chi connectivity index (χ1v) is 45.2. The van der Waals surface area contributed by atoms with Gasteiger partial charge in [0.2, 0.25) is 0 Å². The van der Waals surface area contributed by atoms with Crippen LogP contribution in [-0.2, 0) is 65.4 Å². The van der Waals surface area contributed by atoms with E-state index in [9.17, 15) is 43.2 Å². The molecule has 0 saturated heterocycles. The molecule has 0 fully saturated rings. The SMILES string of the molecule is CCCCCCCCCCCCCCCCCCCCCCC(=O)O[C@H](COC(=O)CCCCCCCCCCCCCCCCC(C)CC)COP(=O)(O)OC[C@@H](O)COP(=O)(O)OC[C@@H](COC(=O)CCCCCCCCCCCCC)OC(=O)CCCCCCCCCCCCC. The molecule has 0 spiro atoms. The molecule has 0 amide bonds. The molecule has 3 unspecified atom stereocenters. The molecule has 0 rings (SSSR count). The quantitative estimate of drug-likeness (QED) is 0.0222. The van der Waals surface area contributed by atoms with Crippen LogP contribution in [0.2, 0.25) is 0 Å². The Morgan fingerprint density at radius 1 is 0.280 bits per heavy atom. The lowest BCUT2D eigenvalue weighted by molar-refractivity contribution is -0.161. The van der Waals surface area contributed by atoms with E-state index in [-0.39, 0.29) is 25.7 Å². The van der Waals surface area contributed by atoms with Crippen molar-refractivity contribution in [2.45, 2.75) is 451 Å². The molecule has 6 atom stereocenters. The molecule has 0 bridgehead atoms. The van der Waals surface area contributed by atoms with Gasteiger partial charge < -0.3 is 33.8 Å². The minimum Gasteiger partial charge on any atom is -0.462 e. The number of hydrogen-bond acceptors (Lipinski definition) is 15. The number of phosphoric acid groups is 2. The van der Waals surface area contributed by atoms with Crippen LogP contribution in [0.4, 0.5) is 0 Å². The summed E-state index contributed by atoms with van der Waals surface area (Å²) in [4.78, 5) is 73.0. The molecule has 0 heterocycles. The summed E-state index contributed by atoms with van der Waals surface area (Å²) in [5, 5.41) is 10.6. The van der Waals surface area contributed by atoms with Crippen LogP contribution in [0.1, 0.15) is 433 Å². The second-order valence-electron chi connectivity index (χ2n) is 29.4. The van der Waals surface area contributed by atoms with Crippen molar-refractivity contribution in [3.63, 3.8) is 0 Å². The maximum Gasteiger partial charge on any atom is 0.472 e. The van der Waals surface area contributed by atoms with Crippen LogP contribution in [0.5, 0.6) is 0 Å². The van der Waals surface area contributed by atoms with Gasteiger partial charge in [-0.05, 0) is 31.6 Å². The van der Waals surface area contributed by atoms with Crippen LogP contribution in [-0.4, -0.2) is 96.7 Å². The number of carbonyl (C=O) groups is 4. The summed E-state index contributed by atoms with van der Waals surface area (Å²) in [7, 11) is -9.92. The fourth-order valence-corrected chi connectivity index (χ4v) is 14.1. The Kier molecular flexibility index (Phi) is 72.5. The zero-order chi connectivity index (χ0) is 73.4. The number of ether oxygens (including phenoxy) is 4. The van der Waals surface area contributed by atoms with Gasteiger partial charge in [0.05, 0.1) is 26.4 Å². The lowest BCUT2D eigenvalue weighted by Crippen LogP contribution is -2.30. The van der Waals surface area contributed by atoms with Crippen molar-refractivity contribution >= 4 is 39.5 Å². The molecule has 0 saturated carbocycles. The van der Waals surface area contributed by atoms with Gasteiger partial charge in [-0.2, -0.15) is 0 Å². The Balaban J connectivity index is 5.22. The molecular formula is C81H158O17P2. The highest BCUT2D eigenvalue weighted by Gasteiger charge is 2.30. The third-order valence-corrected chi connectivity index (χ3v) is 21.3. The molecule has 0 aliphatic rings. The average molecular weight is 1470 g/mol. The first-order chi connectivity index (χ1) is 48.6. The van der Waals surface area contributed by atoms with Crippen LogP contribution < -0.4 is 0 Å². The Labute approximate surface area is 613 Å². The zero-order valence-electron chi connectivity index (χ0n) is 65.3. The Bertz CT molecular complexity index is 1910. The fraction of sp³-hybridized carbons (Fsp3) is 0.951. The van der Waals surface area contributed by atoms with Crippen molar-refractivity contribution in [2.24, 2.45) is 5.92 Å². The molecular weight excluding hydrogens is 1310 g/mol. The Morgan fingerprint density at radius 2 is 0.480 bits per heavy atom. The topological polar surface area (TPSA) is 237 Å². The van der Waals surface area contributed by atoms with E-state index in [1.54, 1.807) is 0 Å². The van der Waals surface area contributed by atoms with Crippen LogP contribution >= 0.6 is 15.6 Å². The predicted molar refractivity (Wildman–Crippen MR) is 409 cm³/mol. The first-order valence-electron chi connectivity index (χ1n) is 42.2. The zero-order valence-corrected chi connectivity index (χ0v) is 67.1. The molecule has 0 radical (unpaired) electrons. The summed E-state index contributed by atoms with van der Waals surface area (Å²) in [6.45, 7) is 7.38. The van der Waals surface area contributed by atoms with Crippen molar-refractivity contribution in [3.05, 3.63) is 0 Å². The standard InChI is InChI=1S/C81H158O17P2/c1-6-10-13-16-19-22-25-26-27-28-29-30-31-32-37-42-47-52-57-62-67-81(86)98-77(71-92-79(84)65-60-55-50-45-41-36-34-33-35-40-43-48-53-58-63-74(5)9-4)73-96-100(89,90)94-69-75(82)68-93-99(87,88)95-72-76(97-80(85)66-61-56-51-46-39-24-21-18-15-12-8-3)70-91-78(83)64-59-54-49-44-38-23-20-17-14-11-7-2/h74-77,82H,6-73H2,1-5H3,(H,87,88)(H,89,90)/t74?,75-,76+,77+/m0/s1. The molecule has 17 nitrogen and oxygen atoms in total. The predicted octanol–water partition coefficient (Wildman–Crippen LogP) is 24.4. The van der Waals surface area contributed by atoms with Gasteiger partial charge in [0.15, 0.2) is 12.2 Å². The average Bonchev–Trinajstić information content (AvgIpc) is 1.02. The largest absolute Gasteiger partial charge is 0.472 e. The number of phosphoric ester groups is 2. The monoisotopic (exact) mass is 1470 g/mol. The number of aliphatic hydroxyl groups is 1. The van der Waals surface area contributed by atoms with Crippen molar-refractivity contribution in [1.82, 2.24) is 0 Å². The molecule has 0 aliphatic carbocycles. The van der Waals surface area contributed by atoms with Gasteiger partial charge >= 0.3 is 39.5 Å². The van der Waals surface area contributed by atoms with Crippen molar-refractivity contribution in [3.8, 4) is 0 Å². The second-order valence-corrected chi connectivity index (χ2v) is 32.3. The molecule has 19 heteroatoms. The number of carbonyl (C=O) groups excluding carboxylic acids is 4. The van der Waals surface area contributed by atoms with Gasteiger partial charge in [0.25, 0.3) is 0 Å². The van der Waals surface area contributed by atoms with Gasteiger partial charge in [-0.1, -0.05) is 381 Å². The van der Waals surface area contributed by atoms with Gasteiger partial charge in [-0.25, -0.2) is 9.13 Å². The summed E-state index contributed by atoms with van der Waals surface area (Å²) in [6, 6.07) is 0. The van der Waals surface area contributed by atoms with Crippen LogP contribution in [0.15, 0.2) is 0 Å². The number of esters is 4. The molecule has 0 aromatic heterocycles. The van der Waals surface area contributed by atoms with Crippen molar-refractivity contribution < 1.29 is 80.2 Å². The lowest BCUT2D eigenvalue weighted by Gasteiger charge is -2.21. The number of aliphatic hydroxyl groups excluding tert-OH is 1. The summed E-state index contributed by atoms with van der Waals surface area (Å²) in [6.07, 6.45) is 65.1.